The zero-order valence-corrected chi connectivity index (χ0v) is 8.57. The lowest BCUT2D eigenvalue weighted by atomic mass is 9.99. The lowest BCUT2D eigenvalue weighted by molar-refractivity contribution is -0.138. The summed E-state index contributed by atoms with van der Waals surface area (Å²) in [5, 5.41) is 8.65. The van der Waals surface area contributed by atoms with Gasteiger partial charge in [0.2, 0.25) is 0 Å². The highest BCUT2D eigenvalue weighted by molar-refractivity contribution is 7.53. The van der Waals surface area contributed by atoms with Gasteiger partial charge in [-0.05, 0) is 5.92 Å². The van der Waals surface area contributed by atoms with Crippen molar-refractivity contribution in [1.29, 1.82) is 0 Å². The Morgan fingerprint density at radius 2 is 1.69 bits per heavy atom. The average Bonchev–Trinajstić information content (AvgIpc) is 1.96. The molecule has 0 aromatic heterocycles. The van der Waals surface area contributed by atoms with Gasteiger partial charge in [0.15, 0.2) is 5.66 Å². The summed E-state index contributed by atoms with van der Waals surface area (Å²) in [5.41, 5.74) is -1.55. The van der Waals surface area contributed by atoms with Crippen LogP contribution in [0.2, 0.25) is 0 Å². The Morgan fingerprint density at radius 3 is 1.77 bits per heavy atom. The summed E-state index contributed by atoms with van der Waals surface area (Å²) in [6.07, 6.45) is 0.914. The van der Waals surface area contributed by atoms with Gasteiger partial charge in [0.1, 0.15) is 0 Å². The molecule has 0 fully saturated rings. The van der Waals surface area contributed by atoms with Gasteiger partial charge in [-0.2, -0.15) is 0 Å². The highest BCUT2D eigenvalue weighted by atomic mass is 31.2. The van der Waals surface area contributed by atoms with Gasteiger partial charge in [0.25, 0.3) is 0 Å². The average molecular weight is 210 g/mol. The molecule has 1 unspecified atom stereocenters. The van der Waals surface area contributed by atoms with E-state index < -0.39 is 25.1 Å². The van der Waals surface area contributed by atoms with Crippen LogP contribution < -0.4 is 0 Å². The van der Waals surface area contributed by atoms with E-state index in [-0.39, 0.29) is 0 Å². The number of rotatable bonds is 5. The van der Waals surface area contributed by atoms with Crippen molar-refractivity contribution in [3.05, 3.63) is 0 Å². The molecule has 78 valence electrons. The molecule has 6 heteroatoms. The second kappa shape index (κ2) is 4.74. The Morgan fingerprint density at radius 1 is 1.31 bits per heavy atom. The van der Waals surface area contributed by atoms with Crippen LogP contribution in [0.5, 0.6) is 0 Å². The zero-order chi connectivity index (χ0) is 10.6. The Bertz CT molecular complexity index is 217. The molecule has 0 rings (SSSR count). The molecule has 0 bridgehead atoms. The number of hydrogen-bond acceptors (Lipinski definition) is 2. The van der Waals surface area contributed by atoms with Crippen LogP contribution in [0.15, 0.2) is 0 Å². The van der Waals surface area contributed by atoms with E-state index in [1.807, 2.05) is 0 Å². The Balaban J connectivity index is 4.80. The fraction of sp³-hybridized carbons (Fsp3) is 0.857. The molecule has 5 nitrogen and oxygen atoms in total. The van der Waals surface area contributed by atoms with Crippen LogP contribution in [0.4, 0.5) is 0 Å². The van der Waals surface area contributed by atoms with Crippen LogP contribution in [0.25, 0.3) is 0 Å². The maximum Gasteiger partial charge on any atom is 0.340 e. The second-order valence-electron chi connectivity index (χ2n) is 2.95. The largest absolute Gasteiger partial charge is 0.481 e. The van der Waals surface area contributed by atoms with Gasteiger partial charge in [-0.25, -0.2) is 0 Å². The molecule has 0 heterocycles. The summed E-state index contributed by atoms with van der Waals surface area (Å²) in [4.78, 5) is 28.2. The minimum Gasteiger partial charge on any atom is -0.481 e. The van der Waals surface area contributed by atoms with Crippen molar-refractivity contribution >= 4 is 13.6 Å². The summed E-state index contributed by atoms with van der Waals surface area (Å²) in [6.45, 7) is 3.44. The van der Waals surface area contributed by atoms with Gasteiger partial charge in [-0.1, -0.05) is 26.7 Å². The highest BCUT2D eigenvalue weighted by Crippen LogP contribution is 2.46. The molecule has 1 atom stereocenters. The van der Waals surface area contributed by atoms with Crippen molar-refractivity contribution < 1.29 is 24.3 Å². The molecule has 0 aromatic carbocycles. The summed E-state index contributed by atoms with van der Waals surface area (Å²) in [7, 11) is -4.52. The molecule has 0 saturated heterocycles. The molecule has 3 N–H and O–H groups in total. The first-order valence-electron chi connectivity index (χ1n) is 4.12. The van der Waals surface area contributed by atoms with E-state index in [4.69, 9.17) is 14.9 Å². The molecule has 0 saturated carbocycles. The summed E-state index contributed by atoms with van der Waals surface area (Å²) < 4.78 is 10.8. The fourth-order valence-corrected chi connectivity index (χ4v) is 2.61. The number of carbonyl (C=O) groups is 1. The van der Waals surface area contributed by atoms with Crippen LogP contribution in [-0.2, 0) is 9.36 Å². The van der Waals surface area contributed by atoms with Crippen LogP contribution in [0.1, 0.15) is 26.7 Å². The summed E-state index contributed by atoms with van der Waals surface area (Å²) >= 11 is 0. The van der Waals surface area contributed by atoms with Crippen LogP contribution in [-0.4, -0.2) is 26.5 Å². The third kappa shape index (κ3) is 3.46. The lowest BCUT2D eigenvalue weighted by Gasteiger charge is -2.21. The van der Waals surface area contributed by atoms with Gasteiger partial charge >= 0.3 is 13.6 Å². The Kier molecular flexibility index (Phi) is 4.61. The highest BCUT2D eigenvalue weighted by Gasteiger charge is 2.40. The quantitative estimate of drug-likeness (QED) is 0.589. The third-order valence-corrected chi connectivity index (χ3v) is 3.48. The maximum absolute atomic E-state index is 10.8. The fourth-order valence-electron chi connectivity index (χ4n) is 1.36. The van der Waals surface area contributed by atoms with E-state index in [9.17, 15) is 9.36 Å². The molecule has 0 aliphatic rings. The minimum absolute atomic E-state index is 0.457. The lowest BCUT2D eigenvalue weighted by Crippen LogP contribution is -2.28. The molecule has 0 aliphatic carbocycles. The van der Waals surface area contributed by atoms with E-state index in [2.05, 4.69) is 0 Å². The van der Waals surface area contributed by atoms with Crippen molar-refractivity contribution in [2.75, 3.05) is 0 Å². The van der Waals surface area contributed by atoms with E-state index >= 15 is 0 Å². The zero-order valence-electron chi connectivity index (χ0n) is 7.67. The van der Waals surface area contributed by atoms with Crippen molar-refractivity contribution in [3.8, 4) is 0 Å². The van der Waals surface area contributed by atoms with Gasteiger partial charge in [0.05, 0.1) is 0 Å². The SMILES string of the molecule is CCC(CC)C(C(=O)O)P(=O)(O)O. The topological polar surface area (TPSA) is 94.8 Å². The van der Waals surface area contributed by atoms with Gasteiger partial charge in [-0.15, -0.1) is 0 Å². The van der Waals surface area contributed by atoms with Gasteiger partial charge < -0.3 is 14.9 Å². The van der Waals surface area contributed by atoms with E-state index in [1.54, 1.807) is 13.8 Å². The van der Waals surface area contributed by atoms with Crippen molar-refractivity contribution in [2.24, 2.45) is 5.92 Å². The number of aliphatic carboxylic acids is 1. The Labute approximate surface area is 76.9 Å². The first kappa shape index (κ1) is 12.6. The summed E-state index contributed by atoms with van der Waals surface area (Å²) in [5.74, 6) is -1.87. The van der Waals surface area contributed by atoms with E-state index in [0.717, 1.165) is 0 Å². The minimum atomic E-state index is -4.52. The smallest absolute Gasteiger partial charge is 0.340 e. The van der Waals surface area contributed by atoms with Crippen molar-refractivity contribution in [3.63, 3.8) is 0 Å². The number of carboxylic acids is 1. The van der Waals surface area contributed by atoms with E-state index in [1.165, 1.54) is 0 Å². The van der Waals surface area contributed by atoms with Crippen molar-refractivity contribution in [1.82, 2.24) is 0 Å². The van der Waals surface area contributed by atoms with Crippen LogP contribution in [0, 0.1) is 5.92 Å². The van der Waals surface area contributed by atoms with Gasteiger partial charge in [0, 0.05) is 0 Å². The molecule has 0 spiro atoms. The second-order valence-corrected chi connectivity index (χ2v) is 4.68. The number of hydrogen-bond donors (Lipinski definition) is 3. The summed E-state index contributed by atoms with van der Waals surface area (Å²) in [6, 6.07) is 0. The van der Waals surface area contributed by atoms with Crippen molar-refractivity contribution in [2.45, 2.75) is 32.3 Å². The molecule has 0 radical (unpaired) electrons. The molecule has 0 amide bonds. The molecular formula is C7H15O5P. The standard InChI is InChI=1S/C7H15O5P/c1-3-5(4-2)6(7(8)9)13(10,11)12/h5-6H,3-4H2,1-2H3,(H,8,9)(H2,10,11,12). The maximum atomic E-state index is 10.8. The first-order valence-corrected chi connectivity index (χ1v) is 5.80. The van der Waals surface area contributed by atoms with E-state index in [0.29, 0.717) is 12.8 Å². The monoisotopic (exact) mass is 210 g/mol. The predicted molar refractivity (Wildman–Crippen MR) is 47.5 cm³/mol. The third-order valence-electron chi connectivity index (χ3n) is 2.11. The first-order chi connectivity index (χ1) is 5.84. The van der Waals surface area contributed by atoms with Gasteiger partial charge in [-0.3, -0.25) is 9.36 Å². The predicted octanol–water partition coefficient (Wildman–Crippen LogP) is 1.05. The molecule has 0 aromatic rings. The van der Waals surface area contributed by atoms with Crippen LogP contribution in [0.3, 0.4) is 0 Å². The number of carboxylic acid groups (broad SMARTS) is 1. The molecule has 13 heavy (non-hydrogen) atoms. The van der Waals surface area contributed by atoms with Crippen LogP contribution >= 0.6 is 7.60 Å². The Hall–Kier alpha value is -0.380. The molecular weight excluding hydrogens is 195 g/mol. The normalized spacial score (nSPS) is 14.5. The molecule has 0 aliphatic heterocycles.